The summed E-state index contributed by atoms with van der Waals surface area (Å²) in [5.74, 6) is -0.970. The minimum atomic E-state index is -0.743. The van der Waals surface area contributed by atoms with E-state index < -0.39 is 11.9 Å². The number of nitrogens with two attached hydrogens (primary N) is 1. The van der Waals surface area contributed by atoms with Gasteiger partial charge < -0.3 is 10.5 Å². The number of rotatable bonds is 6. The van der Waals surface area contributed by atoms with Gasteiger partial charge >= 0.3 is 5.97 Å². The zero-order chi connectivity index (χ0) is 13.4. The number of carbonyl (C=O) groups excluding carboxylic acids is 1. The van der Waals surface area contributed by atoms with E-state index in [9.17, 15) is 4.79 Å². The standard InChI is InChI=1S/C12H18N4O2/c1-3-14-11(13)10(12(17)18-4-2)9-15-16-7-5-6-8-16/h5-10H,3-4H2,1-2H3,(H2,13,14)/b15-9-. The predicted octanol–water partition coefficient (Wildman–Crippen LogP) is 0.878. The zero-order valence-electron chi connectivity index (χ0n) is 10.6. The van der Waals surface area contributed by atoms with Crippen LogP contribution in [0.3, 0.4) is 0 Å². The number of amidine groups is 1. The Hall–Kier alpha value is -2.11. The van der Waals surface area contributed by atoms with Crippen LogP contribution in [0, 0.1) is 5.92 Å². The third kappa shape index (κ3) is 4.04. The average molecular weight is 250 g/mol. The third-order valence-electron chi connectivity index (χ3n) is 2.14. The number of hydrogen-bond acceptors (Lipinski definition) is 4. The number of ether oxygens (including phenoxy) is 1. The van der Waals surface area contributed by atoms with Crippen molar-refractivity contribution in [3.05, 3.63) is 24.5 Å². The molecule has 0 fully saturated rings. The maximum absolute atomic E-state index is 11.7. The highest BCUT2D eigenvalue weighted by molar-refractivity contribution is 6.12. The van der Waals surface area contributed by atoms with Gasteiger partial charge in [-0.15, -0.1) is 0 Å². The first-order valence-corrected chi connectivity index (χ1v) is 5.82. The monoisotopic (exact) mass is 250 g/mol. The average Bonchev–Trinajstić information content (AvgIpc) is 2.83. The lowest BCUT2D eigenvalue weighted by molar-refractivity contribution is -0.143. The molecule has 18 heavy (non-hydrogen) atoms. The van der Waals surface area contributed by atoms with Crippen LogP contribution in [0.25, 0.3) is 0 Å². The van der Waals surface area contributed by atoms with Crippen LogP contribution in [-0.2, 0) is 9.53 Å². The molecule has 0 radical (unpaired) electrons. The lowest BCUT2D eigenvalue weighted by Crippen LogP contribution is -2.33. The number of hydrogen-bond donors (Lipinski definition) is 1. The summed E-state index contributed by atoms with van der Waals surface area (Å²) in [6, 6.07) is 3.67. The SMILES string of the molecule is CCN=C(N)C(/C=N\n1cccc1)C(=O)OCC. The summed E-state index contributed by atoms with van der Waals surface area (Å²) in [7, 11) is 0. The van der Waals surface area contributed by atoms with E-state index in [2.05, 4.69) is 10.1 Å². The molecule has 1 heterocycles. The summed E-state index contributed by atoms with van der Waals surface area (Å²) in [6.45, 7) is 4.40. The van der Waals surface area contributed by atoms with Crippen molar-refractivity contribution in [2.75, 3.05) is 13.2 Å². The molecule has 0 spiro atoms. The van der Waals surface area contributed by atoms with E-state index in [1.807, 2.05) is 19.1 Å². The number of nitrogens with zero attached hydrogens (tertiary/aromatic N) is 3. The molecule has 0 aliphatic rings. The minimum Gasteiger partial charge on any atom is -0.465 e. The molecule has 1 unspecified atom stereocenters. The third-order valence-corrected chi connectivity index (χ3v) is 2.14. The smallest absolute Gasteiger partial charge is 0.322 e. The lowest BCUT2D eigenvalue weighted by atomic mass is 10.1. The van der Waals surface area contributed by atoms with Crippen LogP contribution in [0.4, 0.5) is 0 Å². The van der Waals surface area contributed by atoms with Crippen molar-refractivity contribution in [3.63, 3.8) is 0 Å². The van der Waals surface area contributed by atoms with E-state index in [0.29, 0.717) is 13.2 Å². The van der Waals surface area contributed by atoms with Gasteiger partial charge in [0.05, 0.1) is 6.61 Å². The van der Waals surface area contributed by atoms with Gasteiger partial charge in [0.15, 0.2) is 5.92 Å². The Bertz CT molecular complexity index is 423. The predicted molar refractivity (Wildman–Crippen MR) is 70.6 cm³/mol. The number of aliphatic imine (C=N–C) groups is 1. The first kappa shape index (κ1) is 14.0. The van der Waals surface area contributed by atoms with E-state index in [1.54, 1.807) is 24.0 Å². The quantitative estimate of drug-likeness (QED) is 0.462. The summed E-state index contributed by atoms with van der Waals surface area (Å²) in [6.07, 6.45) is 4.95. The van der Waals surface area contributed by atoms with Gasteiger partial charge in [-0.2, -0.15) is 5.10 Å². The van der Waals surface area contributed by atoms with Gasteiger partial charge in [0.1, 0.15) is 5.84 Å². The van der Waals surface area contributed by atoms with Gasteiger partial charge in [0, 0.05) is 25.2 Å². The Morgan fingerprint density at radius 1 is 1.44 bits per heavy atom. The van der Waals surface area contributed by atoms with Crippen molar-refractivity contribution < 1.29 is 9.53 Å². The largest absolute Gasteiger partial charge is 0.465 e. The molecule has 98 valence electrons. The van der Waals surface area contributed by atoms with Gasteiger partial charge in [0.25, 0.3) is 0 Å². The van der Waals surface area contributed by atoms with Gasteiger partial charge in [-0.1, -0.05) is 0 Å². The number of carbonyl (C=O) groups is 1. The van der Waals surface area contributed by atoms with E-state index >= 15 is 0 Å². The molecule has 1 aromatic rings. The summed E-state index contributed by atoms with van der Waals surface area (Å²) in [4.78, 5) is 15.8. The van der Waals surface area contributed by atoms with Crippen molar-refractivity contribution in [3.8, 4) is 0 Å². The van der Waals surface area contributed by atoms with Crippen molar-refractivity contribution in [1.29, 1.82) is 0 Å². The van der Waals surface area contributed by atoms with Gasteiger partial charge in [-0.25, -0.2) is 4.68 Å². The van der Waals surface area contributed by atoms with E-state index in [-0.39, 0.29) is 5.84 Å². The molecule has 0 aromatic carbocycles. The molecule has 0 saturated carbocycles. The number of aromatic nitrogens is 1. The molecule has 0 bridgehead atoms. The van der Waals surface area contributed by atoms with Crippen molar-refractivity contribution in [2.45, 2.75) is 13.8 Å². The topological polar surface area (TPSA) is 82.0 Å². The Balaban J connectivity index is 2.83. The molecule has 6 heteroatoms. The first-order valence-electron chi connectivity index (χ1n) is 5.82. The summed E-state index contributed by atoms with van der Waals surface area (Å²) < 4.78 is 6.52. The van der Waals surface area contributed by atoms with Crippen LogP contribution in [0.15, 0.2) is 34.6 Å². The highest BCUT2D eigenvalue weighted by atomic mass is 16.5. The van der Waals surface area contributed by atoms with Gasteiger partial charge in [-0.05, 0) is 26.0 Å². The molecular formula is C12H18N4O2. The summed E-state index contributed by atoms with van der Waals surface area (Å²) >= 11 is 0. The van der Waals surface area contributed by atoms with Crippen LogP contribution < -0.4 is 5.73 Å². The molecule has 2 N–H and O–H groups in total. The Morgan fingerprint density at radius 3 is 2.67 bits per heavy atom. The lowest BCUT2D eigenvalue weighted by Gasteiger charge is -2.10. The normalized spacial score (nSPS) is 13.8. The van der Waals surface area contributed by atoms with Gasteiger partial charge in [-0.3, -0.25) is 9.79 Å². The fraction of sp³-hybridized carbons (Fsp3) is 0.417. The fourth-order valence-electron chi connectivity index (χ4n) is 1.32. The zero-order valence-corrected chi connectivity index (χ0v) is 10.6. The van der Waals surface area contributed by atoms with Crippen molar-refractivity contribution in [2.24, 2.45) is 21.7 Å². The van der Waals surface area contributed by atoms with Crippen LogP contribution >= 0.6 is 0 Å². The fourth-order valence-corrected chi connectivity index (χ4v) is 1.32. The Morgan fingerprint density at radius 2 is 2.11 bits per heavy atom. The molecule has 1 atom stereocenters. The summed E-state index contributed by atoms with van der Waals surface area (Å²) in [5, 5.41) is 4.10. The molecule has 6 nitrogen and oxygen atoms in total. The highest BCUT2D eigenvalue weighted by Gasteiger charge is 2.21. The molecular weight excluding hydrogens is 232 g/mol. The number of esters is 1. The second-order valence-electron chi connectivity index (χ2n) is 3.46. The second-order valence-corrected chi connectivity index (χ2v) is 3.46. The minimum absolute atomic E-state index is 0.215. The first-order chi connectivity index (χ1) is 8.69. The van der Waals surface area contributed by atoms with Gasteiger partial charge in [0.2, 0.25) is 0 Å². The Kier molecular flexibility index (Phi) is 5.63. The van der Waals surface area contributed by atoms with Crippen molar-refractivity contribution in [1.82, 2.24) is 4.68 Å². The summed E-state index contributed by atoms with van der Waals surface area (Å²) in [5.41, 5.74) is 5.75. The molecule has 1 aromatic heterocycles. The highest BCUT2D eigenvalue weighted by Crippen LogP contribution is 2.00. The second kappa shape index (κ2) is 7.26. The molecule has 0 aliphatic carbocycles. The maximum atomic E-state index is 11.7. The van der Waals surface area contributed by atoms with E-state index in [0.717, 1.165) is 0 Å². The molecule has 0 saturated heterocycles. The maximum Gasteiger partial charge on any atom is 0.322 e. The van der Waals surface area contributed by atoms with E-state index in [4.69, 9.17) is 10.5 Å². The molecule has 1 rings (SSSR count). The van der Waals surface area contributed by atoms with E-state index in [1.165, 1.54) is 6.21 Å². The van der Waals surface area contributed by atoms with Crippen LogP contribution in [0.2, 0.25) is 0 Å². The molecule has 0 aliphatic heterocycles. The van der Waals surface area contributed by atoms with Crippen LogP contribution in [-0.4, -0.2) is 35.8 Å². The van der Waals surface area contributed by atoms with Crippen LogP contribution in [0.5, 0.6) is 0 Å². The molecule has 0 amide bonds. The van der Waals surface area contributed by atoms with Crippen molar-refractivity contribution >= 4 is 18.0 Å². The Labute approximate surface area is 106 Å². The van der Waals surface area contributed by atoms with Crippen LogP contribution in [0.1, 0.15) is 13.8 Å².